The summed E-state index contributed by atoms with van der Waals surface area (Å²) in [6.45, 7) is 9.72. The van der Waals surface area contributed by atoms with Crippen molar-refractivity contribution in [2.45, 2.75) is 59.1 Å². The molecule has 0 amide bonds. The van der Waals surface area contributed by atoms with Gasteiger partial charge in [-0.2, -0.15) is 0 Å². The SMILES string of the molecule is CCCNC(C)C(C)Oc1ccc(CCC)cc1. The third-order valence-electron chi connectivity index (χ3n) is 3.20. The standard InChI is InChI=1S/C16H27NO/c1-5-7-15-8-10-16(11-9-15)18-14(4)13(3)17-12-6-2/h8-11,13-14,17H,5-7,12H2,1-4H3. The van der Waals surface area contributed by atoms with Gasteiger partial charge in [0.25, 0.3) is 0 Å². The summed E-state index contributed by atoms with van der Waals surface area (Å²) in [6, 6.07) is 8.85. The maximum Gasteiger partial charge on any atom is 0.119 e. The molecule has 2 atom stereocenters. The lowest BCUT2D eigenvalue weighted by atomic mass is 10.1. The van der Waals surface area contributed by atoms with Crippen molar-refractivity contribution in [3.05, 3.63) is 29.8 Å². The molecule has 18 heavy (non-hydrogen) atoms. The van der Waals surface area contributed by atoms with Crippen molar-refractivity contribution in [2.24, 2.45) is 0 Å². The highest BCUT2D eigenvalue weighted by molar-refractivity contribution is 5.27. The van der Waals surface area contributed by atoms with Crippen molar-refractivity contribution in [1.82, 2.24) is 5.32 Å². The number of hydrogen-bond acceptors (Lipinski definition) is 2. The summed E-state index contributed by atoms with van der Waals surface area (Å²) in [5, 5.41) is 3.46. The van der Waals surface area contributed by atoms with E-state index in [-0.39, 0.29) is 6.10 Å². The molecule has 2 unspecified atom stereocenters. The van der Waals surface area contributed by atoms with Crippen molar-refractivity contribution in [1.29, 1.82) is 0 Å². The second-order valence-electron chi connectivity index (χ2n) is 4.96. The normalized spacial score (nSPS) is 14.2. The fourth-order valence-electron chi connectivity index (χ4n) is 1.88. The molecule has 1 aromatic carbocycles. The van der Waals surface area contributed by atoms with E-state index in [0.29, 0.717) is 6.04 Å². The van der Waals surface area contributed by atoms with Crippen LogP contribution in [0.5, 0.6) is 5.75 Å². The van der Waals surface area contributed by atoms with Crippen LogP contribution in [0.25, 0.3) is 0 Å². The lowest BCUT2D eigenvalue weighted by Gasteiger charge is -2.22. The van der Waals surface area contributed by atoms with E-state index in [1.165, 1.54) is 12.0 Å². The Morgan fingerprint density at radius 3 is 2.28 bits per heavy atom. The predicted molar refractivity (Wildman–Crippen MR) is 78.3 cm³/mol. The van der Waals surface area contributed by atoms with Crippen LogP contribution < -0.4 is 10.1 Å². The van der Waals surface area contributed by atoms with E-state index in [4.69, 9.17) is 4.74 Å². The first-order chi connectivity index (χ1) is 8.67. The summed E-state index contributed by atoms with van der Waals surface area (Å²) >= 11 is 0. The first-order valence-corrected chi connectivity index (χ1v) is 7.16. The van der Waals surface area contributed by atoms with Crippen molar-refractivity contribution in [2.75, 3.05) is 6.54 Å². The number of nitrogens with one attached hydrogen (secondary N) is 1. The first kappa shape index (κ1) is 15.0. The molecule has 0 aliphatic carbocycles. The van der Waals surface area contributed by atoms with Crippen LogP contribution in [0.4, 0.5) is 0 Å². The van der Waals surface area contributed by atoms with Gasteiger partial charge in [0.1, 0.15) is 11.9 Å². The lowest BCUT2D eigenvalue weighted by Crippen LogP contribution is -2.39. The maximum absolute atomic E-state index is 5.94. The Morgan fingerprint density at radius 1 is 1.06 bits per heavy atom. The third-order valence-corrected chi connectivity index (χ3v) is 3.20. The summed E-state index contributed by atoms with van der Waals surface area (Å²) in [5.41, 5.74) is 1.38. The molecule has 0 bridgehead atoms. The summed E-state index contributed by atoms with van der Waals surface area (Å²) in [6.07, 6.45) is 3.68. The molecule has 2 nitrogen and oxygen atoms in total. The van der Waals surface area contributed by atoms with Crippen LogP contribution in [-0.2, 0) is 6.42 Å². The van der Waals surface area contributed by atoms with Crippen molar-refractivity contribution in [3.8, 4) is 5.75 Å². The largest absolute Gasteiger partial charge is 0.489 e. The molecule has 102 valence electrons. The average molecular weight is 249 g/mol. The van der Waals surface area contributed by atoms with Crippen LogP contribution in [0.2, 0.25) is 0 Å². The van der Waals surface area contributed by atoms with Gasteiger partial charge in [-0.3, -0.25) is 0 Å². The molecule has 1 N–H and O–H groups in total. The Balaban J connectivity index is 2.45. The van der Waals surface area contributed by atoms with Crippen molar-refractivity contribution < 1.29 is 4.74 Å². The number of ether oxygens (including phenoxy) is 1. The molecule has 0 aliphatic heterocycles. The number of hydrogen-bond donors (Lipinski definition) is 1. The Kier molecular flexibility index (Phi) is 6.81. The van der Waals surface area contributed by atoms with Crippen LogP contribution >= 0.6 is 0 Å². The number of aryl methyl sites for hydroxylation is 1. The Hall–Kier alpha value is -1.02. The first-order valence-electron chi connectivity index (χ1n) is 7.16. The molecule has 0 fully saturated rings. The van der Waals surface area contributed by atoms with E-state index >= 15 is 0 Å². The summed E-state index contributed by atoms with van der Waals surface area (Å²) < 4.78 is 5.94. The topological polar surface area (TPSA) is 21.3 Å². The Bertz CT molecular complexity index is 320. The number of rotatable bonds is 8. The highest BCUT2D eigenvalue weighted by atomic mass is 16.5. The predicted octanol–water partition coefficient (Wildman–Crippen LogP) is 3.79. The minimum Gasteiger partial charge on any atom is -0.489 e. The molecule has 0 radical (unpaired) electrons. The molecular formula is C16H27NO. The Morgan fingerprint density at radius 2 is 1.72 bits per heavy atom. The average Bonchev–Trinajstić information content (AvgIpc) is 2.38. The second kappa shape index (κ2) is 8.15. The third kappa shape index (κ3) is 5.09. The van der Waals surface area contributed by atoms with Gasteiger partial charge in [0.2, 0.25) is 0 Å². The summed E-state index contributed by atoms with van der Waals surface area (Å²) in [4.78, 5) is 0. The minimum absolute atomic E-state index is 0.188. The Labute approximate surface area is 112 Å². The molecule has 0 aliphatic rings. The van der Waals surface area contributed by atoms with Crippen molar-refractivity contribution in [3.63, 3.8) is 0 Å². The molecule has 0 spiro atoms. The van der Waals surface area contributed by atoms with E-state index in [2.05, 4.69) is 57.3 Å². The van der Waals surface area contributed by atoms with Gasteiger partial charge in [-0.25, -0.2) is 0 Å². The lowest BCUT2D eigenvalue weighted by molar-refractivity contribution is 0.178. The molecule has 1 rings (SSSR count). The van der Waals surface area contributed by atoms with Gasteiger partial charge in [-0.15, -0.1) is 0 Å². The van der Waals surface area contributed by atoms with Gasteiger partial charge in [0, 0.05) is 6.04 Å². The van der Waals surface area contributed by atoms with Crippen molar-refractivity contribution >= 4 is 0 Å². The van der Waals surface area contributed by atoms with Gasteiger partial charge >= 0.3 is 0 Å². The highest BCUT2D eigenvalue weighted by Gasteiger charge is 2.12. The highest BCUT2D eigenvalue weighted by Crippen LogP contribution is 2.15. The quantitative estimate of drug-likeness (QED) is 0.756. The molecule has 0 saturated carbocycles. The maximum atomic E-state index is 5.94. The molecule has 1 aromatic rings. The van der Waals surface area contributed by atoms with E-state index < -0.39 is 0 Å². The van der Waals surface area contributed by atoms with E-state index in [9.17, 15) is 0 Å². The van der Waals surface area contributed by atoms with Crippen LogP contribution in [0.1, 0.15) is 46.1 Å². The zero-order valence-electron chi connectivity index (χ0n) is 12.2. The summed E-state index contributed by atoms with van der Waals surface area (Å²) in [7, 11) is 0. The van der Waals surface area contributed by atoms with E-state index in [1.54, 1.807) is 0 Å². The van der Waals surface area contributed by atoms with E-state index in [0.717, 1.165) is 25.1 Å². The van der Waals surface area contributed by atoms with Crippen LogP contribution in [0.3, 0.4) is 0 Å². The summed E-state index contributed by atoms with van der Waals surface area (Å²) in [5.74, 6) is 0.965. The zero-order chi connectivity index (χ0) is 13.4. The van der Waals surface area contributed by atoms with Crippen LogP contribution in [0.15, 0.2) is 24.3 Å². The molecule has 0 aromatic heterocycles. The van der Waals surface area contributed by atoms with Gasteiger partial charge in [-0.1, -0.05) is 32.4 Å². The van der Waals surface area contributed by atoms with Gasteiger partial charge in [0.05, 0.1) is 0 Å². The molecule has 0 saturated heterocycles. The smallest absolute Gasteiger partial charge is 0.119 e. The fourth-order valence-corrected chi connectivity index (χ4v) is 1.88. The molecule has 2 heteroatoms. The van der Waals surface area contributed by atoms with Gasteiger partial charge < -0.3 is 10.1 Å². The molecular weight excluding hydrogens is 222 g/mol. The molecule has 0 heterocycles. The van der Waals surface area contributed by atoms with Crippen LogP contribution in [-0.4, -0.2) is 18.7 Å². The second-order valence-corrected chi connectivity index (χ2v) is 4.96. The van der Waals surface area contributed by atoms with Gasteiger partial charge in [0.15, 0.2) is 0 Å². The fraction of sp³-hybridized carbons (Fsp3) is 0.625. The monoisotopic (exact) mass is 249 g/mol. The van der Waals surface area contributed by atoms with Crippen LogP contribution in [0, 0.1) is 0 Å². The number of benzene rings is 1. The van der Waals surface area contributed by atoms with Gasteiger partial charge in [-0.05, 0) is 50.9 Å². The zero-order valence-corrected chi connectivity index (χ0v) is 12.2. The minimum atomic E-state index is 0.188. The van der Waals surface area contributed by atoms with E-state index in [1.807, 2.05) is 0 Å².